The predicted molar refractivity (Wildman–Crippen MR) is 80.4 cm³/mol. The van der Waals surface area contributed by atoms with Crippen LogP contribution >= 0.6 is 0 Å². The Morgan fingerprint density at radius 3 is 2.76 bits per heavy atom. The van der Waals surface area contributed by atoms with Crippen LogP contribution in [0.1, 0.15) is 25.0 Å². The zero-order chi connectivity index (χ0) is 15.0. The molecule has 1 N–H and O–H groups in total. The van der Waals surface area contributed by atoms with Crippen LogP contribution in [0, 0.1) is 0 Å². The van der Waals surface area contributed by atoms with E-state index in [1.165, 1.54) is 0 Å². The molecule has 2 heterocycles. The molecule has 0 radical (unpaired) electrons. The Morgan fingerprint density at radius 2 is 2.05 bits per heavy atom. The van der Waals surface area contributed by atoms with E-state index in [1.807, 2.05) is 32.0 Å². The number of aromatic nitrogens is 1. The number of aliphatic imine (C=N–C) groups is 1. The van der Waals surface area contributed by atoms with E-state index >= 15 is 0 Å². The summed E-state index contributed by atoms with van der Waals surface area (Å²) in [6.07, 6.45) is 1.60. The van der Waals surface area contributed by atoms with Crippen LogP contribution in [0.25, 0.3) is 0 Å². The number of hydrogen-bond acceptors (Lipinski definition) is 4. The first-order valence-electron chi connectivity index (χ1n) is 6.65. The van der Waals surface area contributed by atoms with Crippen LogP contribution in [0.4, 0.5) is 0 Å². The summed E-state index contributed by atoms with van der Waals surface area (Å²) in [6, 6.07) is 9.02. The lowest BCUT2D eigenvalue weighted by atomic mass is 10.00. The molecule has 3 rings (SSSR count). The summed E-state index contributed by atoms with van der Waals surface area (Å²) >= 11 is 0. The zero-order valence-corrected chi connectivity index (χ0v) is 12.1. The van der Waals surface area contributed by atoms with Crippen molar-refractivity contribution in [1.29, 1.82) is 0 Å². The summed E-state index contributed by atoms with van der Waals surface area (Å²) in [6.45, 7) is 3.72. The van der Waals surface area contributed by atoms with Gasteiger partial charge < -0.3 is 14.5 Å². The van der Waals surface area contributed by atoms with Crippen LogP contribution in [0.15, 0.2) is 46.3 Å². The van der Waals surface area contributed by atoms with E-state index in [0.29, 0.717) is 22.8 Å². The average molecular weight is 284 g/mol. The molecule has 0 saturated carbocycles. The average Bonchev–Trinajstić information content (AvgIpc) is 2.46. The Kier molecular flexibility index (Phi) is 3.05. The molecule has 1 aliphatic rings. The normalized spacial score (nSPS) is 15.7. The summed E-state index contributed by atoms with van der Waals surface area (Å²) < 4.78 is 11.1. The smallest absolute Gasteiger partial charge is 0.257 e. The number of hydrogen-bond donors (Lipinski definition) is 1. The van der Waals surface area contributed by atoms with Crippen molar-refractivity contribution >= 4 is 5.71 Å². The van der Waals surface area contributed by atoms with Gasteiger partial charge >= 0.3 is 0 Å². The second kappa shape index (κ2) is 4.77. The number of aromatic amines is 1. The molecular formula is C16H16N2O3. The van der Waals surface area contributed by atoms with Crippen LogP contribution in [0.5, 0.6) is 11.5 Å². The number of pyridine rings is 1. The van der Waals surface area contributed by atoms with E-state index in [1.54, 1.807) is 25.4 Å². The maximum atomic E-state index is 12.1. The number of benzene rings is 1. The van der Waals surface area contributed by atoms with E-state index in [-0.39, 0.29) is 5.56 Å². The third kappa shape index (κ3) is 2.42. The molecule has 0 fully saturated rings. The summed E-state index contributed by atoms with van der Waals surface area (Å²) in [5.41, 5.74) is 0.984. The third-order valence-corrected chi connectivity index (χ3v) is 3.26. The Labute approximate surface area is 122 Å². The molecule has 0 bridgehead atoms. The molecule has 1 aromatic carbocycles. The van der Waals surface area contributed by atoms with E-state index < -0.39 is 5.72 Å². The highest BCUT2D eigenvalue weighted by molar-refractivity contribution is 6.15. The molecule has 0 aliphatic carbocycles. The highest BCUT2D eigenvalue weighted by Crippen LogP contribution is 2.34. The number of ether oxygens (including phenoxy) is 2. The maximum absolute atomic E-state index is 12.1. The number of methoxy groups -OCH3 is 1. The molecule has 0 unspecified atom stereocenters. The SMILES string of the molecule is COc1ccc2c(c1)C(c1ccc[nH]c1=O)=NC(C)(C)O2. The molecule has 21 heavy (non-hydrogen) atoms. The Morgan fingerprint density at radius 1 is 1.24 bits per heavy atom. The standard InChI is InChI=1S/C16H16N2O3/c1-16(2)18-14(11-5-4-8-17-15(11)19)12-9-10(20-3)6-7-13(12)21-16/h4-9H,1-3H3,(H,17,19). The van der Waals surface area contributed by atoms with Gasteiger partial charge in [0.2, 0.25) is 0 Å². The van der Waals surface area contributed by atoms with Gasteiger partial charge in [0.15, 0.2) is 5.72 Å². The first-order valence-corrected chi connectivity index (χ1v) is 6.65. The van der Waals surface area contributed by atoms with Crippen molar-refractivity contribution in [2.24, 2.45) is 4.99 Å². The zero-order valence-electron chi connectivity index (χ0n) is 12.1. The van der Waals surface area contributed by atoms with Gasteiger partial charge in [-0.25, -0.2) is 4.99 Å². The highest BCUT2D eigenvalue weighted by Gasteiger charge is 2.29. The molecule has 2 aromatic rings. The Bertz CT molecular complexity index is 775. The lowest BCUT2D eigenvalue weighted by Crippen LogP contribution is -2.34. The van der Waals surface area contributed by atoms with Gasteiger partial charge in [-0.3, -0.25) is 4.79 Å². The Hall–Kier alpha value is -2.56. The summed E-state index contributed by atoms with van der Waals surface area (Å²) in [5, 5.41) is 0. The van der Waals surface area contributed by atoms with Crippen molar-refractivity contribution in [2.75, 3.05) is 7.11 Å². The number of rotatable bonds is 2. The molecule has 5 heteroatoms. The maximum Gasteiger partial charge on any atom is 0.257 e. The molecule has 1 aliphatic heterocycles. The highest BCUT2D eigenvalue weighted by atomic mass is 16.5. The van der Waals surface area contributed by atoms with Crippen molar-refractivity contribution in [3.05, 3.63) is 58.0 Å². The molecule has 1 aromatic heterocycles. The van der Waals surface area contributed by atoms with E-state index in [4.69, 9.17) is 9.47 Å². The number of nitrogens with zero attached hydrogens (tertiary/aromatic N) is 1. The van der Waals surface area contributed by atoms with Crippen LogP contribution in [0.3, 0.4) is 0 Å². The molecule has 108 valence electrons. The molecular weight excluding hydrogens is 268 g/mol. The molecule has 5 nitrogen and oxygen atoms in total. The van der Waals surface area contributed by atoms with E-state index in [0.717, 1.165) is 5.56 Å². The molecule has 0 amide bonds. The van der Waals surface area contributed by atoms with Crippen LogP contribution in [-0.2, 0) is 0 Å². The van der Waals surface area contributed by atoms with Crippen molar-refractivity contribution in [3.63, 3.8) is 0 Å². The van der Waals surface area contributed by atoms with Gasteiger partial charge in [-0.2, -0.15) is 0 Å². The lowest BCUT2D eigenvalue weighted by molar-refractivity contribution is 0.115. The van der Waals surface area contributed by atoms with Gasteiger partial charge in [0.25, 0.3) is 5.56 Å². The van der Waals surface area contributed by atoms with Crippen molar-refractivity contribution in [1.82, 2.24) is 4.98 Å². The summed E-state index contributed by atoms with van der Waals surface area (Å²) in [5.74, 6) is 1.38. The first kappa shape index (κ1) is 13.4. The monoisotopic (exact) mass is 284 g/mol. The fourth-order valence-corrected chi connectivity index (χ4v) is 2.34. The van der Waals surface area contributed by atoms with Crippen LogP contribution in [0.2, 0.25) is 0 Å². The first-order chi connectivity index (χ1) is 10.00. The molecule has 0 atom stereocenters. The number of fused-ring (bicyclic) bond motifs is 1. The third-order valence-electron chi connectivity index (χ3n) is 3.26. The lowest BCUT2D eigenvalue weighted by Gasteiger charge is -2.30. The van der Waals surface area contributed by atoms with Crippen molar-refractivity contribution in [3.8, 4) is 11.5 Å². The van der Waals surface area contributed by atoms with Gasteiger partial charge in [0, 0.05) is 11.8 Å². The minimum absolute atomic E-state index is 0.178. The number of nitrogens with one attached hydrogen (secondary N) is 1. The van der Waals surface area contributed by atoms with Gasteiger partial charge in [-0.15, -0.1) is 0 Å². The molecule has 0 spiro atoms. The second-order valence-corrected chi connectivity index (χ2v) is 5.28. The minimum atomic E-state index is -0.723. The summed E-state index contributed by atoms with van der Waals surface area (Å²) in [4.78, 5) is 19.3. The predicted octanol–water partition coefficient (Wildman–Crippen LogP) is 2.35. The van der Waals surface area contributed by atoms with Gasteiger partial charge in [-0.1, -0.05) is 0 Å². The number of H-pyrrole nitrogens is 1. The second-order valence-electron chi connectivity index (χ2n) is 5.28. The fraction of sp³-hybridized carbons (Fsp3) is 0.250. The van der Waals surface area contributed by atoms with Crippen LogP contribution < -0.4 is 15.0 Å². The molecule has 0 saturated heterocycles. The van der Waals surface area contributed by atoms with Crippen molar-refractivity contribution < 1.29 is 9.47 Å². The van der Waals surface area contributed by atoms with Gasteiger partial charge in [0.05, 0.1) is 18.4 Å². The van der Waals surface area contributed by atoms with Gasteiger partial charge in [0.1, 0.15) is 11.5 Å². The Balaban J connectivity index is 2.25. The van der Waals surface area contributed by atoms with E-state index in [2.05, 4.69) is 9.98 Å². The largest absolute Gasteiger partial charge is 0.497 e. The van der Waals surface area contributed by atoms with Crippen LogP contribution in [-0.4, -0.2) is 23.5 Å². The topological polar surface area (TPSA) is 63.7 Å². The van der Waals surface area contributed by atoms with Crippen molar-refractivity contribution in [2.45, 2.75) is 19.6 Å². The quantitative estimate of drug-likeness (QED) is 0.920. The fourth-order valence-electron chi connectivity index (χ4n) is 2.34. The summed E-state index contributed by atoms with van der Waals surface area (Å²) in [7, 11) is 1.60. The minimum Gasteiger partial charge on any atom is -0.497 e. The van der Waals surface area contributed by atoms with Gasteiger partial charge in [-0.05, 0) is 44.2 Å². The van der Waals surface area contributed by atoms with E-state index in [9.17, 15) is 4.79 Å².